The number of aromatic amines is 1. The van der Waals surface area contributed by atoms with Crippen LogP contribution in [0.4, 0.5) is 0 Å². The lowest BCUT2D eigenvalue weighted by atomic mass is 10.2. The Morgan fingerprint density at radius 3 is 2.93 bits per heavy atom. The summed E-state index contributed by atoms with van der Waals surface area (Å²) in [6.45, 7) is 7.76. The molecule has 0 radical (unpaired) electrons. The van der Waals surface area contributed by atoms with Crippen LogP contribution >= 0.6 is 0 Å². The second kappa shape index (κ2) is 3.38. The highest BCUT2D eigenvalue weighted by molar-refractivity contribution is 5.58. The lowest BCUT2D eigenvalue weighted by molar-refractivity contribution is 0.711. The second-order valence-electron chi connectivity index (χ2n) is 3.80. The Morgan fingerprint density at radius 1 is 1.60 bits per heavy atom. The summed E-state index contributed by atoms with van der Waals surface area (Å²) in [6, 6.07) is 1.80. The lowest BCUT2D eigenvalue weighted by Crippen LogP contribution is -2.15. The molecular formula is C11H13N3O. The van der Waals surface area contributed by atoms with E-state index in [9.17, 15) is 4.79 Å². The highest BCUT2D eigenvalue weighted by Gasteiger charge is 2.09. The van der Waals surface area contributed by atoms with Gasteiger partial charge in [-0.1, -0.05) is 26.5 Å². The van der Waals surface area contributed by atoms with Gasteiger partial charge in [-0.05, 0) is 11.6 Å². The number of hydrogen-bond acceptors (Lipinski definition) is 2. The van der Waals surface area contributed by atoms with Crippen LogP contribution in [0, 0.1) is 0 Å². The van der Waals surface area contributed by atoms with Gasteiger partial charge in [0, 0.05) is 12.1 Å². The Balaban J connectivity index is 2.86. The van der Waals surface area contributed by atoms with Crippen LogP contribution in [0.1, 0.15) is 31.2 Å². The molecular weight excluding hydrogens is 190 g/mol. The smallest absolute Gasteiger partial charge is 0.288 e. The van der Waals surface area contributed by atoms with Gasteiger partial charge in [0.05, 0.1) is 0 Å². The monoisotopic (exact) mass is 203 g/mol. The summed E-state index contributed by atoms with van der Waals surface area (Å²) in [5.74, 6) is 1.10. The number of hydrogen-bond donors (Lipinski definition) is 1. The highest BCUT2D eigenvalue weighted by Crippen LogP contribution is 2.14. The third-order valence-corrected chi connectivity index (χ3v) is 2.34. The Labute approximate surface area is 87.3 Å². The maximum atomic E-state index is 11.5. The third kappa shape index (κ3) is 1.48. The average Bonchev–Trinajstić information content (AvgIpc) is 2.62. The molecule has 0 unspecified atom stereocenters. The summed E-state index contributed by atoms with van der Waals surface area (Å²) in [7, 11) is 0. The zero-order valence-corrected chi connectivity index (χ0v) is 8.82. The number of rotatable bonds is 2. The molecule has 0 aliphatic carbocycles. The van der Waals surface area contributed by atoms with E-state index in [0.717, 1.165) is 11.4 Å². The molecule has 2 aromatic rings. The molecule has 0 fully saturated rings. The average molecular weight is 203 g/mol. The summed E-state index contributed by atoms with van der Waals surface area (Å²) < 4.78 is 1.82. The van der Waals surface area contributed by atoms with Crippen molar-refractivity contribution in [1.29, 1.82) is 0 Å². The molecule has 0 spiro atoms. The fourth-order valence-corrected chi connectivity index (χ4v) is 1.59. The van der Waals surface area contributed by atoms with Gasteiger partial charge in [-0.25, -0.2) is 5.10 Å². The van der Waals surface area contributed by atoms with Crippen LogP contribution < -0.4 is 5.56 Å². The zero-order chi connectivity index (χ0) is 11.0. The van der Waals surface area contributed by atoms with Crippen molar-refractivity contribution in [3.8, 4) is 0 Å². The first kappa shape index (κ1) is 9.71. The van der Waals surface area contributed by atoms with Gasteiger partial charge in [0.1, 0.15) is 11.3 Å². The van der Waals surface area contributed by atoms with E-state index in [-0.39, 0.29) is 11.5 Å². The van der Waals surface area contributed by atoms with Crippen molar-refractivity contribution >= 4 is 11.6 Å². The number of aromatic nitrogens is 3. The van der Waals surface area contributed by atoms with Gasteiger partial charge in [0.2, 0.25) is 0 Å². The highest BCUT2D eigenvalue weighted by atomic mass is 16.1. The summed E-state index contributed by atoms with van der Waals surface area (Å²) >= 11 is 0. The molecule has 0 atom stereocenters. The SMILES string of the molecule is C=Cc1cc2c(=O)[nH]nc(C(C)C)n2c1. The van der Waals surface area contributed by atoms with Crippen molar-refractivity contribution in [2.45, 2.75) is 19.8 Å². The minimum atomic E-state index is -0.174. The summed E-state index contributed by atoms with van der Waals surface area (Å²) in [4.78, 5) is 11.5. The van der Waals surface area contributed by atoms with Crippen LogP contribution in [0.15, 0.2) is 23.6 Å². The van der Waals surface area contributed by atoms with Crippen molar-refractivity contribution < 1.29 is 0 Å². The van der Waals surface area contributed by atoms with Gasteiger partial charge in [-0.15, -0.1) is 0 Å². The first-order valence-electron chi connectivity index (χ1n) is 4.86. The molecule has 0 aliphatic heterocycles. The summed E-state index contributed by atoms with van der Waals surface area (Å²) in [5, 5.41) is 6.55. The van der Waals surface area contributed by atoms with Gasteiger partial charge < -0.3 is 0 Å². The maximum Gasteiger partial charge on any atom is 0.288 e. The first-order chi connectivity index (χ1) is 7.13. The molecule has 4 heteroatoms. The Morgan fingerprint density at radius 2 is 2.33 bits per heavy atom. The van der Waals surface area contributed by atoms with E-state index in [1.54, 1.807) is 12.1 Å². The number of fused-ring (bicyclic) bond motifs is 1. The van der Waals surface area contributed by atoms with Crippen molar-refractivity contribution in [1.82, 2.24) is 14.6 Å². The maximum absolute atomic E-state index is 11.5. The van der Waals surface area contributed by atoms with E-state index in [2.05, 4.69) is 16.8 Å². The van der Waals surface area contributed by atoms with Gasteiger partial charge in [-0.2, -0.15) is 5.10 Å². The number of H-pyrrole nitrogens is 1. The normalized spacial score (nSPS) is 11.1. The molecule has 0 amide bonds. The Kier molecular flexibility index (Phi) is 2.19. The van der Waals surface area contributed by atoms with E-state index in [0.29, 0.717) is 5.52 Å². The quantitative estimate of drug-likeness (QED) is 0.809. The molecule has 0 saturated heterocycles. The number of nitrogens with zero attached hydrogens (tertiary/aromatic N) is 2. The topological polar surface area (TPSA) is 50.2 Å². The van der Waals surface area contributed by atoms with Crippen molar-refractivity contribution in [3.05, 3.63) is 40.6 Å². The van der Waals surface area contributed by atoms with Crippen LogP contribution in [0.25, 0.3) is 11.6 Å². The van der Waals surface area contributed by atoms with E-state index in [1.807, 2.05) is 24.4 Å². The lowest BCUT2D eigenvalue weighted by Gasteiger charge is -2.06. The van der Waals surface area contributed by atoms with E-state index < -0.39 is 0 Å². The van der Waals surface area contributed by atoms with Gasteiger partial charge in [-0.3, -0.25) is 9.20 Å². The molecule has 2 aromatic heterocycles. The second-order valence-corrected chi connectivity index (χ2v) is 3.80. The predicted molar refractivity (Wildman–Crippen MR) is 60.0 cm³/mol. The molecule has 2 heterocycles. The standard InChI is InChI=1S/C11H13N3O/c1-4-8-5-9-11(15)13-12-10(7(2)3)14(9)6-8/h4-7H,1H2,2-3H3,(H,13,15). The Hall–Kier alpha value is -1.84. The molecule has 78 valence electrons. The number of nitrogens with one attached hydrogen (secondary N) is 1. The fraction of sp³-hybridized carbons (Fsp3) is 0.273. The van der Waals surface area contributed by atoms with E-state index in [1.165, 1.54) is 0 Å². The fourth-order valence-electron chi connectivity index (χ4n) is 1.59. The van der Waals surface area contributed by atoms with Crippen LogP contribution in [-0.2, 0) is 0 Å². The summed E-state index contributed by atoms with van der Waals surface area (Å²) in [5.41, 5.74) is 1.37. The zero-order valence-electron chi connectivity index (χ0n) is 8.82. The van der Waals surface area contributed by atoms with Gasteiger partial charge in [0.15, 0.2) is 0 Å². The van der Waals surface area contributed by atoms with Crippen LogP contribution in [0.5, 0.6) is 0 Å². The van der Waals surface area contributed by atoms with Crippen molar-refractivity contribution in [2.24, 2.45) is 0 Å². The minimum Gasteiger partial charge on any atom is -0.298 e. The Bertz CT molecular complexity index is 563. The third-order valence-electron chi connectivity index (χ3n) is 2.34. The predicted octanol–water partition coefficient (Wildman–Crippen LogP) is 1.79. The van der Waals surface area contributed by atoms with E-state index >= 15 is 0 Å². The van der Waals surface area contributed by atoms with Gasteiger partial charge in [0.25, 0.3) is 5.56 Å². The van der Waals surface area contributed by atoms with Crippen LogP contribution in [0.3, 0.4) is 0 Å². The van der Waals surface area contributed by atoms with Crippen molar-refractivity contribution in [3.63, 3.8) is 0 Å². The molecule has 15 heavy (non-hydrogen) atoms. The van der Waals surface area contributed by atoms with Crippen molar-refractivity contribution in [2.75, 3.05) is 0 Å². The largest absolute Gasteiger partial charge is 0.298 e. The first-order valence-corrected chi connectivity index (χ1v) is 4.86. The van der Waals surface area contributed by atoms with E-state index in [4.69, 9.17) is 0 Å². The minimum absolute atomic E-state index is 0.174. The van der Waals surface area contributed by atoms with Crippen LogP contribution in [-0.4, -0.2) is 14.6 Å². The molecule has 0 saturated carbocycles. The molecule has 0 aromatic carbocycles. The van der Waals surface area contributed by atoms with Crippen LogP contribution in [0.2, 0.25) is 0 Å². The molecule has 2 rings (SSSR count). The summed E-state index contributed by atoms with van der Waals surface area (Å²) in [6.07, 6.45) is 3.59. The van der Waals surface area contributed by atoms with Gasteiger partial charge >= 0.3 is 0 Å². The molecule has 4 nitrogen and oxygen atoms in total. The molecule has 0 bridgehead atoms. The molecule has 1 N–H and O–H groups in total. The molecule has 0 aliphatic rings.